The summed E-state index contributed by atoms with van der Waals surface area (Å²) in [7, 11) is 0.893. The van der Waals surface area contributed by atoms with Crippen molar-refractivity contribution in [2.45, 2.75) is 19.3 Å². The summed E-state index contributed by atoms with van der Waals surface area (Å²) in [6.45, 7) is 4.59. The quantitative estimate of drug-likeness (QED) is 0.577. The van der Waals surface area contributed by atoms with Gasteiger partial charge in [0.25, 0.3) is 0 Å². The molecule has 6 nitrogen and oxygen atoms in total. The highest BCUT2D eigenvalue weighted by atomic mass is 31.2. The SMILES string of the molecule is CN(C)c1ccc(/C=C/C2=[N+](C)c3ccccc3C2(C)C)cc1.O=P([O-])([O-])[O-]. The van der Waals surface area contributed by atoms with Gasteiger partial charge in [0.1, 0.15) is 7.05 Å². The summed E-state index contributed by atoms with van der Waals surface area (Å²) >= 11 is 0. The standard InChI is InChI=1S/C21H25N2.H3O4P/c1-21(2)18-8-6-7-9-19(18)23(5)20(21)15-12-16-10-13-17(14-11-16)22(3)4;1-5(2,3)4/h6-15H,1-5H3;(H3,1,2,3,4)/q+1;/p-3. The molecule has 0 amide bonds. The molecule has 0 atom stereocenters. The van der Waals surface area contributed by atoms with E-state index in [0.717, 1.165) is 0 Å². The van der Waals surface area contributed by atoms with E-state index < -0.39 is 7.82 Å². The monoisotopic (exact) mass is 400 g/mol. The van der Waals surface area contributed by atoms with Crippen LogP contribution in [-0.4, -0.2) is 31.4 Å². The van der Waals surface area contributed by atoms with Crippen LogP contribution in [0.15, 0.2) is 54.6 Å². The smallest absolute Gasteiger partial charge is 0.209 e. The number of hydrogen-bond donors (Lipinski definition) is 0. The van der Waals surface area contributed by atoms with Crippen molar-refractivity contribution in [3.05, 3.63) is 65.7 Å². The predicted octanol–water partition coefficient (Wildman–Crippen LogP) is 1.65. The van der Waals surface area contributed by atoms with E-state index in [4.69, 9.17) is 19.2 Å². The Morgan fingerprint density at radius 2 is 1.50 bits per heavy atom. The van der Waals surface area contributed by atoms with Gasteiger partial charge < -0.3 is 24.1 Å². The number of hydrogen-bond acceptors (Lipinski definition) is 5. The zero-order valence-electron chi connectivity index (χ0n) is 16.7. The number of para-hydroxylation sites is 1. The van der Waals surface area contributed by atoms with Gasteiger partial charge in [0.15, 0.2) is 5.71 Å². The minimum absolute atomic E-state index is 0.0332. The summed E-state index contributed by atoms with van der Waals surface area (Å²) in [5, 5.41) is 0. The Morgan fingerprint density at radius 1 is 0.964 bits per heavy atom. The van der Waals surface area contributed by atoms with Crippen LogP contribution in [0.3, 0.4) is 0 Å². The molecule has 1 aliphatic rings. The lowest BCUT2D eigenvalue weighted by Gasteiger charge is -2.36. The fraction of sp³-hybridized carbons (Fsp3) is 0.286. The lowest BCUT2D eigenvalue weighted by Crippen LogP contribution is -2.26. The first-order chi connectivity index (χ1) is 12.9. The van der Waals surface area contributed by atoms with Gasteiger partial charge in [-0.05, 0) is 37.6 Å². The third kappa shape index (κ3) is 5.40. The van der Waals surface area contributed by atoms with Crippen LogP contribution in [0.5, 0.6) is 0 Å². The van der Waals surface area contributed by atoms with Gasteiger partial charge in [-0.2, -0.15) is 12.4 Å². The molecule has 2 aromatic carbocycles. The van der Waals surface area contributed by atoms with Gasteiger partial charge in [-0.1, -0.05) is 30.3 Å². The third-order valence-electron chi connectivity index (χ3n) is 4.78. The molecule has 0 saturated carbocycles. The van der Waals surface area contributed by atoms with Crippen LogP contribution in [0, 0.1) is 0 Å². The van der Waals surface area contributed by atoms with Crippen LogP contribution in [0.2, 0.25) is 0 Å². The molecule has 7 heteroatoms. The van der Waals surface area contributed by atoms with Crippen molar-refractivity contribution in [3.8, 4) is 0 Å². The van der Waals surface area contributed by atoms with E-state index in [0.29, 0.717) is 0 Å². The summed E-state index contributed by atoms with van der Waals surface area (Å²) in [5.41, 5.74) is 6.51. The molecule has 0 aliphatic carbocycles. The molecular formula is C21H25N2O4P-2. The topological polar surface area (TPSA) is 92.5 Å². The summed E-state index contributed by atoms with van der Waals surface area (Å²) in [4.78, 5) is 27.8. The third-order valence-corrected chi connectivity index (χ3v) is 4.78. The molecule has 0 fully saturated rings. The molecule has 0 aromatic heterocycles. The van der Waals surface area contributed by atoms with Gasteiger partial charge in [-0.25, -0.2) is 0 Å². The molecule has 0 unspecified atom stereocenters. The molecule has 3 rings (SSSR count). The highest BCUT2D eigenvalue weighted by Gasteiger charge is 2.42. The van der Waals surface area contributed by atoms with Crippen LogP contribution >= 0.6 is 7.82 Å². The van der Waals surface area contributed by atoms with Crippen LogP contribution in [-0.2, 0) is 9.98 Å². The van der Waals surface area contributed by atoms with Crippen molar-refractivity contribution in [3.63, 3.8) is 0 Å². The van der Waals surface area contributed by atoms with Crippen molar-refractivity contribution < 1.29 is 23.8 Å². The van der Waals surface area contributed by atoms with Gasteiger partial charge in [0.2, 0.25) is 5.69 Å². The lowest BCUT2D eigenvalue weighted by atomic mass is 9.81. The van der Waals surface area contributed by atoms with Gasteiger partial charge in [-0.15, -0.1) is 0 Å². The van der Waals surface area contributed by atoms with Gasteiger partial charge in [0, 0.05) is 37.5 Å². The number of nitrogens with zero attached hydrogens (tertiary/aromatic N) is 2. The summed E-state index contributed by atoms with van der Waals surface area (Å²) in [6, 6.07) is 17.3. The van der Waals surface area contributed by atoms with Crippen molar-refractivity contribution in [2.24, 2.45) is 0 Å². The first-order valence-corrected chi connectivity index (χ1v) is 10.3. The molecule has 0 spiro atoms. The number of benzene rings is 2. The fourth-order valence-electron chi connectivity index (χ4n) is 3.36. The molecule has 28 heavy (non-hydrogen) atoms. The lowest BCUT2D eigenvalue weighted by molar-refractivity contribution is -0.432. The van der Waals surface area contributed by atoms with Crippen LogP contribution < -0.4 is 19.6 Å². The molecular weight excluding hydrogens is 375 g/mol. The Bertz CT molecular complexity index is 933. The van der Waals surface area contributed by atoms with E-state index in [1.807, 2.05) is 0 Å². The molecule has 1 heterocycles. The van der Waals surface area contributed by atoms with Crippen molar-refractivity contribution in [1.29, 1.82) is 0 Å². The second-order valence-corrected chi connectivity index (χ2v) is 8.25. The van der Waals surface area contributed by atoms with Crippen LogP contribution in [0.25, 0.3) is 6.08 Å². The Kier molecular flexibility index (Phi) is 6.63. The van der Waals surface area contributed by atoms with Gasteiger partial charge in [0.05, 0.1) is 5.41 Å². The minimum Gasteiger partial charge on any atom is -0.822 e. The van der Waals surface area contributed by atoms with E-state index in [1.165, 1.54) is 28.2 Å². The molecule has 0 bridgehead atoms. The first-order valence-electron chi connectivity index (χ1n) is 8.80. The maximum absolute atomic E-state index is 8.55. The Hall–Kier alpha value is -2.24. The maximum Gasteiger partial charge on any atom is 0.209 e. The Balaban J connectivity index is 0.000000500. The first kappa shape index (κ1) is 22.1. The van der Waals surface area contributed by atoms with Crippen molar-refractivity contribution in [1.82, 2.24) is 0 Å². The summed E-state index contributed by atoms with van der Waals surface area (Å²) < 4.78 is 10.9. The number of phosphoric acid groups is 1. The van der Waals surface area contributed by atoms with E-state index in [2.05, 4.69) is 105 Å². The average molecular weight is 400 g/mol. The van der Waals surface area contributed by atoms with Gasteiger partial charge in [-0.3, -0.25) is 0 Å². The fourth-order valence-corrected chi connectivity index (χ4v) is 3.36. The zero-order valence-corrected chi connectivity index (χ0v) is 17.6. The number of anilines is 1. The molecule has 0 N–H and O–H groups in total. The van der Waals surface area contributed by atoms with Crippen LogP contribution in [0.1, 0.15) is 25.0 Å². The maximum atomic E-state index is 8.55. The van der Waals surface area contributed by atoms with Crippen LogP contribution in [0.4, 0.5) is 11.4 Å². The van der Waals surface area contributed by atoms with Crippen molar-refractivity contribution >= 4 is 31.0 Å². The van der Waals surface area contributed by atoms with E-state index in [1.54, 1.807) is 0 Å². The molecule has 150 valence electrons. The zero-order chi connectivity index (χ0) is 21.1. The minimum atomic E-state index is -5.39. The average Bonchev–Trinajstić information content (AvgIpc) is 2.79. The summed E-state index contributed by atoms with van der Waals surface area (Å²) in [6.07, 6.45) is 4.46. The van der Waals surface area contributed by atoms with Gasteiger partial charge >= 0.3 is 0 Å². The highest BCUT2D eigenvalue weighted by Crippen LogP contribution is 2.39. The van der Waals surface area contributed by atoms with E-state index >= 15 is 0 Å². The highest BCUT2D eigenvalue weighted by molar-refractivity contribution is 7.40. The Morgan fingerprint density at radius 3 is 2.00 bits per heavy atom. The second-order valence-electron chi connectivity index (χ2n) is 7.35. The number of rotatable bonds is 3. The number of allylic oxidation sites excluding steroid dienone is 1. The van der Waals surface area contributed by atoms with E-state index in [-0.39, 0.29) is 5.41 Å². The van der Waals surface area contributed by atoms with E-state index in [9.17, 15) is 0 Å². The molecule has 2 aromatic rings. The summed E-state index contributed by atoms with van der Waals surface area (Å²) in [5.74, 6) is 0. The second kappa shape index (κ2) is 8.41. The predicted molar refractivity (Wildman–Crippen MR) is 108 cm³/mol. The van der Waals surface area contributed by atoms with Crippen molar-refractivity contribution in [2.75, 3.05) is 26.0 Å². The molecule has 1 aliphatic heterocycles. The molecule has 0 saturated heterocycles. The largest absolute Gasteiger partial charge is 0.822 e. The number of fused-ring (bicyclic) bond motifs is 1. The molecule has 0 radical (unpaired) electrons. The normalized spacial score (nSPS) is 15.3. The Labute approximate surface area is 166 Å².